The number of carbonyl (C=O) groups is 1. The number of hydrogen-bond acceptors (Lipinski definition) is 1. The molecule has 0 aromatic carbocycles. The van der Waals surface area contributed by atoms with Crippen LogP contribution in [0.1, 0.15) is 40.5 Å². The maximum Gasteiger partial charge on any atom is 0.136 e. The Hall–Kier alpha value is -0.590. The molecule has 0 aromatic rings. The van der Waals surface area contributed by atoms with Crippen molar-refractivity contribution in [1.82, 2.24) is 0 Å². The van der Waals surface area contributed by atoms with Crippen molar-refractivity contribution in [3.63, 3.8) is 0 Å². The van der Waals surface area contributed by atoms with E-state index in [0.717, 1.165) is 18.4 Å². The second-order valence-electron chi connectivity index (χ2n) is 3.80. The minimum Gasteiger partial charge on any atom is -0.299 e. The summed E-state index contributed by atoms with van der Waals surface area (Å²) in [5.41, 5.74) is 1.08. The molecule has 70 valence electrons. The van der Waals surface area contributed by atoms with Gasteiger partial charge in [-0.05, 0) is 25.7 Å². The molecule has 0 spiro atoms. The molecule has 0 radical (unpaired) electrons. The Morgan fingerprint density at radius 2 is 1.92 bits per heavy atom. The highest BCUT2D eigenvalue weighted by molar-refractivity contribution is 5.81. The van der Waals surface area contributed by atoms with E-state index in [4.69, 9.17) is 0 Å². The molecule has 1 heteroatoms. The van der Waals surface area contributed by atoms with Gasteiger partial charge in [-0.1, -0.05) is 32.9 Å². The smallest absolute Gasteiger partial charge is 0.136 e. The normalized spacial score (nSPS) is 13.1. The van der Waals surface area contributed by atoms with Crippen LogP contribution in [0, 0.1) is 11.8 Å². The molecule has 1 atom stereocenters. The standard InChI is InChI=1S/C11H20O/c1-6-9(4)11(10(5)12)7-8(2)3/h8,11H,4,6-7H2,1-3,5H3/t11-/m1/s1. The van der Waals surface area contributed by atoms with Gasteiger partial charge in [0.05, 0.1) is 0 Å². The van der Waals surface area contributed by atoms with Crippen LogP contribution in [0.2, 0.25) is 0 Å². The third kappa shape index (κ3) is 3.70. The lowest BCUT2D eigenvalue weighted by molar-refractivity contribution is -0.120. The zero-order valence-corrected chi connectivity index (χ0v) is 8.68. The van der Waals surface area contributed by atoms with Crippen LogP contribution >= 0.6 is 0 Å². The van der Waals surface area contributed by atoms with Gasteiger partial charge in [0.15, 0.2) is 0 Å². The zero-order valence-electron chi connectivity index (χ0n) is 8.68. The highest BCUT2D eigenvalue weighted by Gasteiger charge is 2.17. The van der Waals surface area contributed by atoms with Gasteiger partial charge in [-0.25, -0.2) is 0 Å². The molecule has 0 aliphatic carbocycles. The first kappa shape index (κ1) is 11.4. The lowest BCUT2D eigenvalue weighted by atomic mass is 9.87. The topological polar surface area (TPSA) is 17.1 Å². The van der Waals surface area contributed by atoms with Crippen LogP contribution in [0.3, 0.4) is 0 Å². The Bertz CT molecular complexity index is 168. The summed E-state index contributed by atoms with van der Waals surface area (Å²) in [6.07, 6.45) is 1.86. The molecule has 0 heterocycles. The van der Waals surface area contributed by atoms with E-state index >= 15 is 0 Å². The van der Waals surface area contributed by atoms with Crippen molar-refractivity contribution < 1.29 is 4.79 Å². The fourth-order valence-electron chi connectivity index (χ4n) is 1.34. The van der Waals surface area contributed by atoms with Gasteiger partial charge in [-0.3, -0.25) is 4.79 Å². The van der Waals surface area contributed by atoms with Crippen molar-refractivity contribution in [2.24, 2.45) is 11.8 Å². The number of hydrogen-bond donors (Lipinski definition) is 0. The van der Waals surface area contributed by atoms with Gasteiger partial charge in [0.1, 0.15) is 5.78 Å². The highest BCUT2D eigenvalue weighted by Crippen LogP contribution is 2.21. The molecule has 0 aliphatic heterocycles. The third-order valence-electron chi connectivity index (χ3n) is 2.14. The minimum absolute atomic E-state index is 0.0926. The van der Waals surface area contributed by atoms with Crippen LogP contribution in [0.25, 0.3) is 0 Å². The van der Waals surface area contributed by atoms with E-state index in [2.05, 4.69) is 27.4 Å². The molecule has 1 nitrogen and oxygen atoms in total. The quantitative estimate of drug-likeness (QED) is 0.576. The van der Waals surface area contributed by atoms with Crippen molar-refractivity contribution in [3.05, 3.63) is 12.2 Å². The van der Waals surface area contributed by atoms with Gasteiger partial charge >= 0.3 is 0 Å². The van der Waals surface area contributed by atoms with E-state index < -0.39 is 0 Å². The number of allylic oxidation sites excluding steroid dienone is 1. The van der Waals surface area contributed by atoms with Crippen LogP contribution in [-0.4, -0.2) is 5.78 Å². The van der Waals surface area contributed by atoms with Crippen molar-refractivity contribution in [2.45, 2.75) is 40.5 Å². The molecule has 0 saturated carbocycles. The van der Waals surface area contributed by atoms with Crippen LogP contribution in [-0.2, 0) is 4.79 Å². The summed E-state index contributed by atoms with van der Waals surface area (Å²) in [5.74, 6) is 0.924. The van der Waals surface area contributed by atoms with Crippen LogP contribution < -0.4 is 0 Å². The van der Waals surface area contributed by atoms with Crippen LogP contribution in [0.15, 0.2) is 12.2 Å². The second kappa shape index (κ2) is 5.13. The predicted octanol–water partition coefficient (Wildman–Crippen LogP) is 3.20. The highest BCUT2D eigenvalue weighted by atomic mass is 16.1. The van der Waals surface area contributed by atoms with Crippen molar-refractivity contribution in [1.29, 1.82) is 0 Å². The summed E-state index contributed by atoms with van der Waals surface area (Å²) in [6.45, 7) is 11.9. The lowest BCUT2D eigenvalue weighted by Crippen LogP contribution is -2.15. The maximum atomic E-state index is 11.2. The Morgan fingerprint density at radius 3 is 2.17 bits per heavy atom. The Morgan fingerprint density at radius 1 is 1.42 bits per heavy atom. The fourth-order valence-corrected chi connectivity index (χ4v) is 1.34. The first-order valence-electron chi connectivity index (χ1n) is 4.67. The number of Topliss-reactive ketones (excluding diaryl/α,β-unsaturated/α-hetero) is 1. The molecular weight excluding hydrogens is 148 g/mol. The Balaban J connectivity index is 4.23. The summed E-state index contributed by atoms with van der Waals surface area (Å²) in [7, 11) is 0. The molecule has 12 heavy (non-hydrogen) atoms. The molecule has 0 unspecified atom stereocenters. The molecule has 0 saturated heterocycles. The van der Waals surface area contributed by atoms with E-state index in [1.807, 2.05) is 0 Å². The Kier molecular flexibility index (Phi) is 4.87. The van der Waals surface area contributed by atoms with Gasteiger partial charge in [0.2, 0.25) is 0 Å². The van der Waals surface area contributed by atoms with Crippen molar-refractivity contribution in [2.75, 3.05) is 0 Å². The second-order valence-corrected chi connectivity index (χ2v) is 3.80. The number of carbonyl (C=O) groups excluding carboxylic acids is 1. The van der Waals surface area contributed by atoms with E-state index in [-0.39, 0.29) is 11.7 Å². The fraction of sp³-hybridized carbons (Fsp3) is 0.727. The molecular formula is C11H20O. The monoisotopic (exact) mass is 168 g/mol. The van der Waals surface area contributed by atoms with Gasteiger partial charge in [-0.2, -0.15) is 0 Å². The summed E-state index contributed by atoms with van der Waals surface area (Å²) in [4.78, 5) is 11.2. The molecule has 0 amide bonds. The van der Waals surface area contributed by atoms with Gasteiger partial charge in [-0.15, -0.1) is 0 Å². The molecule has 0 bridgehead atoms. The van der Waals surface area contributed by atoms with E-state index in [1.165, 1.54) is 0 Å². The number of ketones is 1. The lowest BCUT2D eigenvalue weighted by Gasteiger charge is -2.17. The molecule has 0 fully saturated rings. The van der Waals surface area contributed by atoms with E-state index in [9.17, 15) is 4.79 Å². The van der Waals surface area contributed by atoms with Crippen molar-refractivity contribution in [3.8, 4) is 0 Å². The van der Waals surface area contributed by atoms with Crippen molar-refractivity contribution >= 4 is 5.78 Å². The zero-order chi connectivity index (χ0) is 9.72. The maximum absolute atomic E-state index is 11.2. The van der Waals surface area contributed by atoms with Crippen LogP contribution in [0.4, 0.5) is 0 Å². The average Bonchev–Trinajstić information content (AvgIpc) is 1.98. The molecule has 0 rings (SSSR count). The summed E-state index contributed by atoms with van der Waals surface area (Å²) >= 11 is 0. The van der Waals surface area contributed by atoms with E-state index in [1.54, 1.807) is 6.92 Å². The van der Waals surface area contributed by atoms with Gasteiger partial charge in [0.25, 0.3) is 0 Å². The first-order chi connectivity index (χ1) is 5.49. The van der Waals surface area contributed by atoms with Crippen LogP contribution in [0.5, 0.6) is 0 Å². The summed E-state index contributed by atoms with van der Waals surface area (Å²) < 4.78 is 0. The SMILES string of the molecule is C=C(CC)[C@@H](CC(C)C)C(C)=O. The first-order valence-corrected chi connectivity index (χ1v) is 4.67. The van der Waals surface area contributed by atoms with Gasteiger partial charge in [0, 0.05) is 5.92 Å². The minimum atomic E-state index is 0.0926. The van der Waals surface area contributed by atoms with E-state index in [0.29, 0.717) is 5.92 Å². The molecule has 0 N–H and O–H groups in total. The third-order valence-corrected chi connectivity index (χ3v) is 2.14. The molecule has 0 aromatic heterocycles. The largest absolute Gasteiger partial charge is 0.299 e. The average molecular weight is 168 g/mol. The summed E-state index contributed by atoms with van der Waals surface area (Å²) in [6, 6.07) is 0. The van der Waals surface area contributed by atoms with Gasteiger partial charge < -0.3 is 0 Å². The molecule has 0 aliphatic rings. The Labute approximate surface area is 75.9 Å². The number of rotatable bonds is 5. The predicted molar refractivity (Wildman–Crippen MR) is 53.1 cm³/mol. The summed E-state index contributed by atoms with van der Waals surface area (Å²) in [5, 5.41) is 0.